The van der Waals surface area contributed by atoms with Gasteiger partial charge < -0.3 is 40.5 Å². The Labute approximate surface area is 436 Å². The Morgan fingerprint density at radius 1 is 0.603 bits per heavy atom. The molecule has 0 saturated heterocycles. The summed E-state index contributed by atoms with van der Waals surface area (Å²) in [6.45, 7) is 25.2. The average molecular weight is 1090 g/mol. The lowest BCUT2D eigenvalue weighted by molar-refractivity contribution is -0.137. The summed E-state index contributed by atoms with van der Waals surface area (Å²) < 4.78 is 103. The number of halogens is 3. The van der Waals surface area contributed by atoms with Crippen molar-refractivity contribution >= 4 is 58.9 Å². The van der Waals surface area contributed by atoms with Crippen molar-refractivity contribution in [3.63, 3.8) is 0 Å². The fourth-order valence-corrected chi connectivity index (χ4v) is 29.6. The predicted octanol–water partition coefficient (Wildman–Crippen LogP) is 15.6. The minimum atomic E-state index is -4.49. The maximum absolute atomic E-state index is 14.5. The number of fused-ring (bicyclic) bond motifs is 10. The normalized spacial score (nSPS) is 17.8. The highest BCUT2D eigenvalue weighted by atomic mass is 28.5. The van der Waals surface area contributed by atoms with Crippen molar-refractivity contribution in [2.45, 2.75) is 133 Å². The van der Waals surface area contributed by atoms with Crippen LogP contribution < -0.4 is 23.7 Å². The fraction of sp³-hybridized carbons (Fsp3) is 0.464. The lowest BCUT2D eigenvalue weighted by atomic mass is 9.66. The van der Waals surface area contributed by atoms with E-state index in [9.17, 15) is 13.2 Å². The van der Waals surface area contributed by atoms with E-state index in [1.54, 1.807) is 27.4 Å². The molecule has 3 aliphatic rings. The van der Waals surface area contributed by atoms with E-state index in [2.05, 4.69) is 84.2 Å². The molecule has 0 bridgehead atoms. The van der Waals surface area contributed by atoms with Crippen LogP contribution in [0.4, 0.5) is 13.2 Å². The minimum Gasteiger partial charge on any atom is -0.497 e. The quantitative estimate of drug-likeness (QED) is 0.0593. The molecule has 5 aromatic rings. The monoisotopic (exact) mass is 1090 g/mol. The van der Waals surface area contributed by atoms with Crippen molar-refractivity contribution in [1.29, 1.82) is 0 Å². The van der Waals surface area contributed by atoms with E-state index >= 15 is 0 Å². The third-order valence-corrected chi connectivity index (χ3v) is 28.8. The maximum Gasteiger partial charge on any atom is 0.469 e. The van der Waals surface area contributed by atoms with Crippen LogP contribution in [0, 0.1) is 0 Å². The van der Waals surface area contributed by atoms with Crippen LogP contribution in [0.5, 0.6) is 28.7 Å². The Bertz CT molecular complexity index is 2790. The number of benzene rings is 5. The molecule has 1 spiro atoms. The molecule has 1 saturated carbocycles. The molecule has 0 N–H and O–H groups in total. The van der Waals surface area contributed by atoms with Crippen LogP contribution in [0.2, 0.25) is 84.1 Å². The molecular weight excluding hydrogens is 1010 g/mol. The van der Waals surface area contributed by atoms with Gasteiger partial charge in [-0.1, -0.05) is 55.7 Å². The van der Waals surface area contributed by atoms with Crippen molar-refractivity contribution < 1.29 is 53.6 Å². The van der Waals surface area contributed by atoms with Crippen molar-refractivity contribution in [2.24, 2.45) is 0 Å². The third-order valence-electron chi connectivity index (χ3n) is 13.9. The van der Waals surface area contributed by atoms with Crippen LogP contribution in [0.25, 0.3) is 28.0 Å². The van der Waals surface area contributed by atoms with Crippen molar-refractivity contribution in [1.82, 2.24) is 0 Å². The molecule has 0 aromatic heterocycles. The number of rotatable bonds is 19. The van der Waals surface area contributed by atoms with Crippen molar-refractivity contribution in [3.8, 4) is 39.9 Å². The SMILES string of the molecule is COc1ccc(C2(c3ccc(OCCO[Si](C)(C)CC[Si](O[Si](C)(C)C)(O[Si](C)(C)C)O[Si](C)(C)C)cc3)C=Cc3c4c(c5cc(OC)c(OC)cc5c3O2)-c2ccc(C(F)(F)F)cc2C42CCCCC2)cc1. The molecule has 0 amide bonds. The van der Waals surface area contributed by atoms with Crippen LogP contribution in [0.15, 0.2) is 84.9 Å². The largest absolute Gasteiger partial charge is 0.497 e. The highest BCUT2D eigenvalue weighted by Crippen LogP contribution is 2.63. The van der Waals surface area contributed by atoms with Crippen molar-refractivity contribution in [2.75, 3.05) is 34.5 Å². The average Bonchev–Trinajstić information content (AvgIpc) is 3.58. The Morgan fingerprint density at radius 2 is 1.15 bits per heavy atom. The lowest BCUT2D eigenvalue weighted by Crippen LogP contribution is -2.61. The van der Waals surface area contributed by atoms with Gasteiger partial charge in [0.15, 0.2) is 50.4 Å². The van der Waals surface area contributed by atoms with Gasteiger partial charge in [-0.25, -0.2) is 0 Å². The molecular formula is C56H75F3O9Si5. The Kier molecular flexibility index (Phi) is 15.4. The third kappa shape index (κ3) is 11.6. The molecule has 8 rings (SSSR count). The molecule has 1 atom stereocenters. The molecule has 73 heavy (non-hydrogen) atoms. The van der Waals surface area contributed by atoms with Crippen LogP contribution in [-0.4, -0.2) is 76.6 Å². The first-order chi connectivity index (χ1) is 34.1. The molecule has 394 valence electrons. The van der Waals surface area contributed by atoms with E-state index in [-0.39, 0.29) is 0 Å². The van der Waals surface area contributed by atoms with Crippen LogP contribution in [-0.2, 0) is 34.0 Å². The van der Waals surface area contributed by atoms with E-state index < -0.39 is 64.8 Å². The topological polar surface area (TPSA) is 83.1 Å². The second kappa shape index (κ2) is 20.4. The van der Waals surface area contributed by atoms with Gasteiger partial charge in [-0.2, -0.15) is 13.2 Å². The molecule has 1 unspecified atom stereocenters. The second-order valence-corrected chi connectivity index (χ2v) is 44.7. The first kappa shape index (κ1) is 55.1. The van der Waals surface area contributed by atoms with Gasteiger partial charge >= 0.3 is 15.0 Å². The van der Waals surface area contributed by atoms with Gasteiger partial charge in [-0.3, -0.25) is 0 Å². The van der Waals surface area contributed by atoms with E-state index in [1.807, 2.05) is 60.7 Å². The summed E-state index contributed by atoms with van der Waals surface area (Å²) in [6, 6.07) is 25.6. The van der Waals surface area contributed by atoms with Gasteiger partial charge in [0.05, 0.1) is 33.5 Å². The molecule has 17 heteroatoms. The van der Waals surface area contributed by atoms with E-state index in [0.717, 1.165) is 93.9 Å². The highest BCUT2D eigenvalue weighted by molar-refractivity contribution is 6.90. The van der Waals surface area contributed by atoms with Gasteiger partial charge in [0, 0.05) is 33.5 Å². The molecule has 9 nitrogen and oxygen atoms in total. The van der Waals surface area contributed by atoms with Crippen LogP contribution in [0.1, 0.15) is 65.5 Å². The van der Waals surface area contributed by atoms with Crippen molar-refractivity contribution in [3.05, 3.63) is 118 Å². The number of hydrogen-bond donors (Lipinski definition) is 0. The molecule has 0 radical (unpaired) electrons. The Hall–Kier alpha value is -4.19. The van der Waals surface area contributed by atoms with Crippen LogP contribution >= 0.6 is 0 Å². The summed E-state index contributed by atoms with van der Waals surface area (Å²) in [5.74, 6) is 3.04. The zero-order chi connectivity index (χ0) is 53.0. The standard InChI is InChI=1S/C56H75F3O9Si5/c1-60-42-23-18-39(19-24-42)55(40-20-25-43(26-21-40)63-32-33-64-72(13,14)34-35-73(66-69(4,5)6,67-70(7,8)9)68-71(10,11)12)31-28-45-52-51(46-37-49(61-2)50(62-3)38-47(46)53(45)65-55)44-27-22-41(56(57,58)59)36-48(44)54(52)29-16-15-17-30-54/h18-28,31,36-38H,15-17,29-30,32-35H2,1-14H3. The highest BCUT2D eigenvalue weighted by Gasteiger charge is 2.52. The smallest absolute Gasteiger partial charge is 0.469 e. The fourth-order valence-electron chi connectivity index (χ4n) is 11.1. The van der Waals surface area contributed by atoms with E-state index in [1.165, 1.54) is 12.1 Å². The molecule has 1 heterocycles. The molecule has 2 aliphatic carbocycles. The van der Waals surface area contributed by atoms with Gasteiger partial charge in [0.25, 0.3) is 0 Å². The summed E-state index contributed by atoms with van der Waals surface area (Å²) in [4.78, 5) is 0. The van der Waals surface area contributed by atoms with E-state index in [4.69, 9.17) is 40.5 Å². The number of methoxy groups -OCH3 is 3. The second-order valence-electron chi connectivity index (χ2n) is 23.4. The minimum absolute atomic E-state index is 0.366. The van der Waals surface area contributed by atoms with Gasteiger partial charge in [0.1, 0.15) is 23.9 Å². The number of alkyl halides is 3. The van der Waals surface area contributed by atoms with Crippen LogP contribution in [0.3, 0.4) is 0 Å². The molecule has 5 aromatic carbocycles. The van der Waals surface area contributed by atoms with E-state index in [0.29, 0.717) is 42.0 Å². The molecule has 1 aliphatic heterocycles. The first-order valence-electron chi connectivity index (χ1n) is 25.6. The summed E-state index contributed by atoms with van der Waals surface area (Å²) in [5, 5.41) is 1.59. The predicted molar refractivity (Wildman–Crippen MR) is 299 cm³/mol. The first-order valence-corrected chi connectivity index (χ1v) is 40.9. The maximum atomic E-state index is 14.5. The summed E-state index contributed by atoms with van der Waals surface area (Å²) in [7, 11) is -6.39. The van der Waals surface area contributed by atoms with Gasteiger partial charge in [-0.15, -0.1) is 0 Å². The zero-order valence-electron chi connectivity index (χ0n) is 45.3. The van der Waals surface area contributed by atoms with Gasteiger partial charge in [-0.05, 0) is 173 Å². The molecule has 1 fully saturated rings. The Balaban J connectivity index is 1.12. The summed E-state index contributed by atoms with van der Waals surface area (Å²) in [5.41, 5.74) is 3.60. The summed E-state index contributed by atoms with van der Waals surface area (Å²) >= 11 is 0. The number of ether oxygens (including phenoxy) is 5. The summed E-state index contributed by atoms with van der Waals surface area (Å²) in [6.07, 6.45) is 4.00. The lowest BCUT2D eigenvalue weighted by Gasteiger charge is -2.43. The van der Waals surface area contributed by atoms with Gasteiger partial charge in [0.2, 0.25) is 0 Å². The number of hydrogen-bond acceptors (Lipinski definition) is 9. The zero-order valence-corrected chi connectivity index (χ0v) is 50.3. The Morgan fingerprint density at radius 3 is 1.67 bits per heavy atom.